The SMILES string of the molecule is CN1C(=O)CC(NCCc2ccsc2)C1=O. The molecule has 2 heterocycles. The third kappa shape index (κ3) is 2.31. The summed E-state index contributed by atoms with van der Waals surface area (Å²) in [6, 6.07) is 1.75. The van der Waals surface area contributed by atoms with Crippen LogP contribution in [0.4, 0.5) is 0 Å². The number of likely N-dealkylation sites (N-methyl/N-ethyl adjacent to an activating group) is 1. The molecule has 1 fully saturated rings. The van der Waals surface area contributed by atoms with Gasteiger partial charge in [-0.1, -0.05) is 0 Å². The van der Waals surface area contributed by atoms with Gasteiger partial charge in [-0.2, -0.15) is 11.3 Å². The first kappa shape index (κ1) is 11.3. The highest BCUT2D eigenvalue weighted by molar-refractivity contribution is 7.07. The average molecular weight is 238 g/mol. The van der Waals surface area contributed by atoms with Crippen molar-refractivity contribution in [3.63, 3.8) is 0 Å². The Balaban J connectivity index is 1.79. The molecule has 0 radical (unpaired) electrons. The van der Waals surface area contributed by atoms with E-state index in [2.05, 4.69) is 16.8 Å². The van der Waals surface area contributed by atoms with Crippen molar-refractivity contribution < 1.29 is 9.59 Å². The lowest BCUT2D eigenvalue weighted by Crippen LogP contribution is -2.38. The summed E-state index contributed by atoms with van der Waals surface area (Å²) in [6.07, 6.45) is 1.18. The Bertz CT molecular complexity index is 389. The molecule has 0 saturated carbocycles. The van der Waals surface area contributed by atoms with Crippen LogP contribution in [0.2, 0.25) is 0 Å². The predicted molar refractivity (Wildman–Crippen MR) is 62.2 cm³/mol. The monoisotopic (exact) mass is 238 g/mol. The number of likely N-dealkylation sites (tertiary alicyclic amines) is 1. The van der Waals surface area contributed by atoms with E-state index in [-0.39, 0.29) is 17.9 Å². The zero-order chi connectivity index (χ0) is 11.5. The second-order valence-electron chi connectivity index (χ2n) is 3.88. The van der Waals surface area contributed by atoms with Crippen molar-refractivity contribution in [1.82, 2.24) is 10.2 Å². The fourth-order valence-corrected chi connectivity index (χ4v) is 2.44. The van der Waals surface area contributed by atoms with Crippen LogP contribution < -0.4 is 5.32 Å². The van der Waals surface area contributed by atoms with E-state index in [1.165, 1.54) is 17.5 Å². The minimum absolute atomic E-state index is 0.0990. The Morgan fingerprint density at radius 3 is 2.94 bits per heavy atom. The average Bonchev–Trinajstić information content (AvgIpc) is 2.85. The standard InChI is InChI=1S/C11H14N2O2S/c1-13-10(14)6-9(11(13)15)12-4-2-8-3-5-16-7-8/h3,5,7,9,12H,2,4,6H2,1H3. The van der Waals surface area contributed by atoms with Crippen LogP contribution in [0.15, 0.2) is 16.8 Å². The zero-order valence-corrected chi connectivity index (χ0v) is 9.92. The van der Waals surface area contributed by atoms with E-state index in [1.807, 2.05) is 5.38 Å². The highest BCUT2D eigenvalue weighted by atomic mass is 32.1. The number of nitrogens with zero attached hydrogens (tertiary/aromatic N) is 1. The van der Waals surface area contributed by atoms with Crippen molar-refractivity contribution in [1.29, 1.82) is 0 Å². The molecule has 16 heavy (non-hydrogen) atoms. The third-order valence-corrected chi connectivity index (χ3v) is 3.50. The number of carbonyl (C=O) groups is 2. The highest BCUT2D eigenvalue weighted by Crippen LogP contribution is 2.11. The lowest BCUT2D eigenvalue weighted by molar-refractivity contribution is -0.137. The van der Waals surface area contributed by atoms with E-state index in [0.29, 0.717) is 6.42 Å². The van der Waals surface area contributed by atoms with Crippen LogP contribution in [0.5, 0.6) is 0 Å². The number of hydrogen-bond donors (Lipinski definition) is 1. The summed E-state index contributed by atoms with van der Waals surface area (Å²) in [5.41, 5.74) is 1.27. The lowest BCUT2D eigenvalue weighted by Gasteiger charge is -2.10. The van der Waals surface area contributed by atoms with Crippen molar-refractivity contribution in [3.8, 4) is 0 Å². The van der Waals surface area contributed by atoms with Gasteiger partial charge < -0.3 is 5.32 Å². The Morgan fingerprint density at radius 1 is 1.56 bits per heavy atom. The maximum atomic E-state index is 11.6. The first-order valence-corrected chi connectivity index (χ1v) is 6.17. The predicted octanol–water partition coefficient (Wildman–Crippen LogP) is 0.637. The van der Waals surface area contributed by atoms with Gasteiger partial charge in [-0.3, -0.25) is 14.5 Å². The molecule has 1 unspecified atom stereocenters. The molecule has 0 bridgehead atoms. The summed E-state index contributed by atoms with van der Waals surface area (Å²) in [7, 11) is 1.53. The number of nitrogens with one attached hydrogen (secondary N) is 1. The molecule has 1 atom stereocenters. The Hall–Kier alpha value is -1.20. The first-order chi connectivity index (χ1) is 7.68. The molecule has 1 aromatic rings. The van der Waals surface area contributed by atoms with E-state index >= 15 is 0 Å². The van der Waals surface area contributed by atoms with Gasteiger partial charge in [0.25, 0.3) is 0 Å². The van der Waals surface area contributed by atoms with Crippen molar-refractivity contribution in [3.05, 3.63) is 22.4 Å². The highest BCUT2D eigenvalue weighted by Gasteiger charge is 2.35. The van der Waals surface area contributed by atoms with Gasteiger partial charge in [0.15, 0.2) is 0 Å². The van der Waals surface area contributed by atoms with Crippen LogP contribution in [0, 0.1) is 0 Å². The summed E-state index contributed by atoms with van der Waals surface area (Å²) in [5.74, 6) is -0.214. The number of hydrogen-bond acceptors (Lipinski definition) is 4. The molecule has 1 aliphatic heterocycles. The molecule has 1 saturated heterocycles. The van der Waals surface area contributed by atoms with Crippen molar-refractivity contribution in [2.24, 2.45) is 0 Å². The largest absolute Gasteiger partial charge is 0.305 e. The molecule has 86 valence electrons. The molecular formula is C11H14N2O2S. The molecule has 0 spiro atoms. The van der Waals surface area contributed by atoms with Crippen LogP contribution in [-0.2, 0) is 16.0 Å². The van der Waals surface area contributed by atoms with Crippen LogP contribution in [0.3, 0.4) is 0 Å². The number of imide groups is 1. The van der Waals surface area contributed by atoms with E-state index in [9.17, 15) is 9.59 Å². The Morgan fingerprint density at radius 2 is 2.38 bits per heavy atom. The van der Waals surface area contributed by atoms with Crippen LogP contribution in [-0.4, -0.2) is 36.3 Å². The third-order valence-electron chi connectivity index (χ3n) is 2.77. The maximum Gasteiger partial charge on any atom is 0.246 e. The molecular weight excluding hydrogens is 224 g/mol. The number of thiophene rings is 1. The van der Waals surface area contributed by atoms with Crippen LogP contribution in [0.25, 0.3) is 0 Å². The Labute approximate surface area is 98.3 Å². The van der Waals surface area contributed by atoms with E-state index in [4.69, 9.17) is 0 Å². The summed E-state index contributed by atoms with van der Waals surface area (Å²) in [4.78, 5) is 24.0. The molecule has 0 aromatic carbocycles. The van der Waals surface area contributed by atoms with Crippen molar-refractivity contribution in [2.75, 3.05) is 13.6 Å². The maximum absolute atomic E-state index is 11.6. The van der Waals surface area contributed by atoms with Crippen LogP contribution >= 0.6 is 11.3 Å². The molecule has 2 rings (SSSR count). The topological polar surface area (TPSA) is 49.4 Å². The number of carbonyl (C=O) groups excluding carboxylic acids is 2. The van der Waals surface area contributed by atoms with Gasteiger partial charge >= 0.3 is 0 Å². The molecule has 1 aromatic heterocycles. The molecule has 2 amide bonds. The molecule has 0 aliphatic carbocycles. The fraction of sp³-hybridized carbons (Fsp3) is 0.455. The van der Waals surface area contributed by atoms with E-state index in [0.717, 1.165) is 13.0 Å². The summed E-state index contributed by atoms with van der Waals surface area (Å²) in [6.45, 7) is 0.730. The van der Waals surface area contributed by atoms with E-state index < -0.39 is 0 Å². The first-order valence-electron chi connectivity index (χ1n) is 5.23. The van der Waals surface area contributed by atoms with Gasteiger partial charge in [0.05, 0.1) is 12.5 Å². The van der Waals surface area contributed by atoms with Crippen molar-refractivity contribution >= 4 is 23.2 Å². The van der Waals surface area contributed by atoms with Gasteiger partial charge in [-0.05, 0) is 35.4 Å². The van der Waals surface area contributed by atoms with Gasteiger partial charge in [-0.15, -0.1) is 0 Å². The molecule has 5 heteroatoms. The van der Waals surface area contributed by atoms with Gasteiger partial charge in [0, 0.05) is 7.05 Å². The Kier molecular flexibility index (Phi) is 3.36. The normalized spacial score (nSPS) is 20.8. The van der Waals surface area contributed by atoms with Gasteiger partial charge in [0.1, 0.15) is 0 Å². The number of amides is 2. The second kappa shape index (κ2) is 4.76. The van der Waals surface area contributed by atoms with Gasteiger partial charge in [0.2, 0.25) is 11.8 Å². The minimum Gasteiger partial charge on any atom is -0.305 e. The summed E-state index contributed by atoms with van der Waals surface area (Å²) >= 11 is 1.67. The van der Waals surface area contributed by atoms with Crippen LogP contribution in [0.1, 0.15) is 12.0 Å². The second-order valence-corrected chi connectivity index (χ2v) is 4.66. The minimum atomic E-state index is -0.323. The molecule has 1 aliphatic rings. The molecule has 1 N–H and O–H groups in total. The van der Waals surface area contributed by atoms with Gasteiger partial charge in [-0.25, -0.2) is 0 Å². The number of rotatable bonds is 4. The molecule has 4 nitrogen and oxygen atoms in total. The smallest absolute Gasteiger partial charge is 0.246 e. The quantitative estimate of drug-likeness (QED) is 0.783. The fourth-order valence-electron chi connectivity index (χ4n) is 1.74. The van der Waals surface area contributed by atoms with Crippen molar-refractivity contribution in [2.45, 2.75) is 18.9 Å². The lowest BCUT2D eigenvalue weighted by atomic mass is 10.2. The van der Waals surface area contributed by atoms with E-state index in [1.54, 1.807) is 11.3 Å². The zero-order valence-electron chi connectivity index (χ0n) is 9.10. The summed E-state index contributed by atoms with van der Waals surface area (Å²) in [5, 5.41) is 7.25. The summed E-state index contributed by atoms with van der Waals surface area (Å²) < 4.78 is 0.